The summed E-state index contributed by atoms with van der Waals surface area (Å²) in [4.78, 5) is 9.46. The fraction of sp³-hybridized carbons (Fsp3) is 0.500. The number of hydrogen-bond donors (Lipinski definition) is 1. The second-order valence-corrected chi connectivity index (χ2v) is 7.39. The van der Waals surface area contributed by atoms with Crippen molar-refractivity contribution in [2.45, 2.75) is 25.3 Å². The highest BCUT2D eigenvalue weighted by Gasteiger charge is 2.26. The standard InChI is InChI=1S/C22H32N4O2.HI/c1-5-23-22(24-15-20(25(2)3)21-7-6-14-28-21)26-13-12-18(16-26)17-8-10-19(27-4)11-9-17;/h6-11,14,18,20H,5,12-13,15-16H2,1-4H3,(H,23,24);1H. The molecule has 0 amide bonds. The van der Waals surface area contributed by atoms with Crippen LogP contribution in [0.15, 0.2) is 52.1 Å². The zero-order chi connectivity index (χ0) is 19.9. The van der Waals surface area contributed by atoms with Crippen LogP contribution >= 0.6 is 24.0 Å². The molecule has 2 heterocycles. The van der Waals surface area contributed by atoms with Crippen molar-refractivity contribution in [3.8, 4) is 5.75 Å². The van der Waals surface area contributed by atoms with Crippen molar-refractivity contribution in [1.29, 1.82) is 0 Å². The summed E-state index contributed by atoms with van der Waals surface area (Å²) in [6, 6.07) is 12.5. The van der Waals surface area contributed by atoms with E-state index in [0.717, 1.165) is 43.5 Å². The highest BCUT2D eigenvalue weighted by atomic mass is 127. The van der Waals surface area contributed by atoms with Gasteiger partial charge in [0, 0.05) is 25.6 Å². The number of methoxy groups -OCH3 is 1. The molecular formula is C22H33IN4O2. The maximum absolute atomic E-state index is 5.61. The summed E-state index contributed by atoms with van der Waals surface area (Å²) in [6.45, 7) is 5.62. The predicted octanol–water partition coefficient (Wildman–Crippen LogP) is 3.96. The molecule has 1 aliphatic heterocycles. The number of halogens is 1. The molecule has 0 spiro atoms. The van der Waals surface area contributed by atoms with Crippen LogP contribution in [0.3, 0.4) is 0 Å². The zero-order valence-corrected chi connectivity index (χ0v) is 20.1. The summed E-state index contributed by atoms with van der Waals surface area (Å²) in [5.41, 5.74) is 1.36. The van der Waals surface area contributed by atoms with Crippen LogP contribution in [0.4, 0.5) is 0 Å². The molecule has 1 N–H and O–H groups in total. The summed E-state index contributed by atoms with van der Waals surface area (Å²) in [5, 5.41) is 3.46. The van der Waals surface area contributed by atoms with E-state index in [-0.39, 0.29) is 30.0 Å². The Morgan fingerprint density at radius 1 is 1.31 bits per heavy atom. The fourth-order valence-corrected chi connectivity index (χ4v) is 3.69. The number of nitrogens with zero attached hydrogens (tertiary/aromatic N) is 3. The third-order valence-corrected chi connectivity index (χ3v) is 5.32. The lowest BCUT2D eigenvalue weighted by Gasteiger charge is -2.24. The molecule has 1 saturated heterocycles. The van der Waals surface area contributed by atoms with E-state index in [1.54, 1.807) is 13.4 Å². The van der Waals surface area contributed by atoms with Crippen molar-refractivity contribution in [1.82, 2.24) is 15.1 Å². The van der Waals surface area contributed by atoms with E-state index < -0.39 is 0 Å². The Labute approximate surface area is 191 Å². The van der Waals surface area contributed by atoms with Crippen LogP contribution in [-0.4, -0.2) is 63.1 Å². The molecule has 0 radical (unpaired) electrons. The number of furan rings is 1. The average Bonchev–Trinajstić information content (AvgIpc) is 3.39. The first kappa shape index (κ1) is 23.5. The van der Waals surface area contributed by atoms with Gasteiger partial charge in [-0.15, -0.1) is 24.0 Å². The lowest BCUT2D eigenvalue weighted by molar-refractivity contribution is 0.264. The number of hydrogen-bond acceptors (Lipinski definition) is 4. The van der Waals surface area contributed by atoms with Crippen molar-refractivity contribution < 1.29 is 9.15 Å². The molecular weight excluding hydrogens is 479 g/mol. The molecule has 1 aromatic heterocycles. The largest absolute Gasteiger partial charge is 0.497 e. The number of likely N-dealkylation sites (tertiary alicyclic amines) is 1. The van der Waals surface area contributed by atoms with Gasteiger partial charge >= 0.3 is 0 Å². The minimum Gasteiger partial charge on any atom is -0.497 e. The van der Waals surface area contributed by atoms with Gasteiger partial charge in [0.2, 0.25) is 0 Å². The number of benzene rings is 1. The summed E-state index contributed by atoms with van der Waals surface area (Å²) in [5.74, 6) is 3.35. The van der Waals surface area contributed by atoms with Crippen molar-refractivity contribution >= 4 is 29.9 Å². The molecule has 7 heteroatoms. The van der Waals surface area contributed by atoms with Crippen LogP contribution in [0.2, 0.25) is 0 Å². The van der Waals surface area contributed by atoms with Gasteiger partial charge in [0.25, 0.3) is 0 Å². The maximum atomic E-state index is 5.61. The highest BCUT2D eigenvalue weighted by Crippen LogP contribution is 2.28. The predicted molar refractivity (Wildman–Crippen MR) is 128 cm³/mol. The molecule has 2 aromatic rings. The normalized spacial score (nSPS) is 17.9. The van der Waals surface area contributed by atoms with Gasteiger partial charge in [0.15, 0.2) is 5.96 Å². The number of aliphatic imine (C=N–C) groups is 1. The monoisotopic (exact) mass is 512 g/mol. The summed E-state index contributed by atoms with van der Waals surface area (Å²) < 4.78 is 10.9. The number of ether oxygens (including phenoxy) is 1. The second-order valence-electron chi connectivity index (χ2n) is 7.39. The fourth-order valence-electron chi connectivity index (χ4n) is 3.69. The van der Waals surface area contributed by atoms with E-state index >= 15 is 0 Å². The first-order chi connectivity index (χ1) is 13.6. The van der Waals surface area contributed by atoms with E-state index in [4.69, 9.17) is 14.1 Å². The summed E-state index contributed by atoms with van der Waals surface area (Å²) in [7, 11) is 5.82. The molecule has 3 rings (SSSR count). The van der Waals surface area contributed by atoms with Crippen LogP contribution in [0.5, 0.6) is 5.75 Å². The Kier molecular flexibility index (Phi) is 9.29. The minimum absolute atomic E-state index is 0. The van der Waals surface area contributed by atoms with Gasteiger partial charge in [0.05, 0.1) is 26.0 Å². The molecule has 0 aliphatic carbocycles. The quantitative estimate of drug-likeness (QED) is 0.346. The van der Waals surface area contributed by atoms with Gasteiger partial charge in [-0.05, 0) is 57.3 Å². The molecule has 1 aromatic carbocycles. The Balaban J connectivity index is 0.00000300. The SMILES string of the molecule is CCNC(=NCC(c1ccco1)N(C)C)N1CCC(c2ccc(OC)cc2)C1.I. The van der Waals surface area contributed by atoms with E-state index in [0.29, 0.717) is 12.5 Å². The van der Waals surface area contributed by atoms with Gasteiger partial charge < -0.3 is 19.4 Å². The molecule has 2 atom stereocenters. The van der Waals surface area contributed by atoms with E-state index in [1.165, 1.54) is 5.56 Å². The van der Waals surface area contributed by atoms with Crippen LogP contribution in [0.1, 0.15) is 36.6 Å². The Bertz CT molecular complexity index is 747. The molecule has 0 bridgehead atoms. The average molecular weight is 512 g/mol. The molecule has 2 unspecified atom stereocenters. The van der Waals surface area contributed by atoms with Crippen molar-refractivity contribution in [3.05, 3.63) is 54.0 Å². The van der Waals surface area contributed by atoms with Crippen LogP contribution < -0.4 is 10.1 Å². The van der Waals surface area contributed by atoms with Gasteiger partial charge in [-0.1, -0.05) is 12.1 Å². The minimum atomic E-state index is 0. The highest BCUT2D eigenvalue weighted by molar-refractivity contribution is 14.0. The lowest BCUT2D eigenvalue weighted by Crippen LogP contribution is -2.40. The van der Waals surface area contributed by atoms with E-state index in [9.17, 15) is 0 Å². The number of likely N-dealkylation sites (N-methyl/N-ethyl adjacent to an activating group) is 1. The Hall–Kier alpha value is -1.74. The second kappa shape index (κ2) is 11.4. The van der Waals surface area contributed by atoms with Crippen molar-refractivity contribution in [2.24, 2.45) is 4.99 Å². The number of nitrogens with one attached hydrogen (secondary N) is 1. The van der Waals surface area contributed by atoms with Gasteiger partial charge in [-0.3, -0.25) is 9.89 Å². The topological polar surface area (TPSA) is 53.2 Å². The smallest absolute Gasteiger partial charge is 0.194 e. The molecule has 29 heavy (non-hydrogen) atoms. The third-order valence-electron chi connectivity index (χ3n) is 5.32. The van der Waals surface area contributed by atoms with Crippen LogP contribution in [-0.2, 0) is 0 Å². The van der Waals surface area contributed by atoms with Gasteiger partial charge in [-0.2, -0.15) is 0 Å². The van der Waals surface area contributed by atoms with Crippen LogP contribution in [0.25, 0.3) is 0 Å². The first-order valence-electron chi connectivity index (χ1n) is 9.99. The van der Waals surface area contributed by atoms with Gasteiger partial charge in [-0.25, -0.2) is 0 Å². The van der Waals surface area contributed by atoms with Crippen molar-refractivity contribution in [2.75, 3.05) is 47.4 Å². The molecule has 1 aliphatic rings. The summed E-state index contributed by atoms with van der Waals surface area (Å²) >= 11 is 0. The molecule has 6 nitrogen and oxygen atoms in total. The van der Waals surface area contributed by atoms with Crippen molar-refractivity contribution in [3.63, 3.8) is 0 Å². The summed E-state index contributed by atoms with van der Waals surface area (Å²) in [6.07, 6.45) is 2.85. The molecule has 160 valence electrons. The van der Waals surface area contributed by atoms with Crippen LogP contribution in [0, 0.1) is 0 Å². The van der Waals surface area contributed by atoms with E-state index in [1.807, 2.05) is 24.3 Å². The zero-order valence-electron chi connectivity index (χ0n) is 17.8. The number of rotatable bonds is 7. The van der Waals surface area contributed by atoms with E-state index in [2.05, 4.69) is 48.3 Å². The first-order valence-corrected chi connectivity index (χ1v) is 9.99. The lowest BCUT2D eigenvalue weighted by atomic mass is 9.98. The Morgan fingerprint density at radius 2 is 2.07 bits per heavy atom. The van der Waals surface area contributed by atoms with Gasteiger partial charge in [0.1, 0.15) is 11.5 Å². The number of guanidine groups is 1. The third kappa shape index (κ3) is 6.12. The molecule has 0 saturated carbocycles. The maximum Gasteiger partial charge on any atom is 0.194 e. The Morgan fingerprint density at radius 3 is 2.66 bits per heavy atom. The molecule has 1 fully saturated rings.